The number of nitrogens with zero attached hydrogens (tertiary/aromatic N) is 1. The predicted octanol–water partition coefficient (Wildman–Crippen LogP) is 2.45. The Labute approximate surface area is 114 Å². The minimum atomic E-state index is -0.482. The Hall–Kier alpha value is -1.81. The molecule has 0 amide bonds. The molecule has 0 spiro atoms. The Balaban J connectivity index is 2.13. The van der Waals surface area contributed by atoms with Gasteiger partial charge in [0.05, 0.1) is 5.69 Å². The Morgan fingerprint density at radius 1 is 1.42 bits per heavy atom. The third-order valence-corrected chi connectivity index (χ3v) is 3.70. The first-order valence-corrected chi connectivity index (χ1v) is 6.56. The quantitative estimate of drug-likeness (QED) is 0.481. The zero-order valence-electron chi connectivity index (χ0n) is 10.4. The summed E-state index contributed by atoms with van der Waals surface area (Å²) in [4.78, 5) is 23.0. The van der Waals surface area contributed by atoms with Crippen molar-refractivity contribution in [2.75, 3.05) is 5.88 Å². The SMILES string of the molecule is Cn1c2c(c3cc(OC(=O)CCl)ccc31)CCC2=O. The van der Waals surface area contributed by atoms with Crippen LogP contribution in [0.15, 0.2) is 18.2 Å². The standard InChI is InChI=1S/C14H12ClNO3/c1-16-11-4-2-8(19-13(18)7-15)6-10(11)9-3-5-12(17)14(9)16/h2,4,6H,3,5,7H2,1H3. The van der Waals surface area contributed by atoms with Crippen LogP contribution in [0.25, 0.3) is 10.9 Å². The first-order valence-electron chi connectivity index (χ1n) is 6.03. The Morgan fingerprint density at radius 2 is 2.21 bits per heavy atom. The number of ketones is 1. The van der Waals surface area contributed by atoms with Gasteiger partial charge < -0.3 is 9.30 Å². The second-order valence-corrected chi connectivity index (χ2v) is 4.86. The molecule has 0 radical (unpaired) electrons. The molecule has 1 aliphatic rings. The number of aryl methyl sites for hydroxylation is 2. The van der Waals surface area contributed by atoms with E-state index in [1.54, 1.807) is 12.1 Å². The van der Waals surface area contributed by atoms with Gasteiger partial charge in [-0.2, -0.15) is 0 Å². The maximum atomic E-state index is 11.8. The summed E-state index contributed by atoms with van der Waals surface area (Å²) in [6.45, 7) is 0. The normalized spacial score (nSPS) is 13.9. The molecule has 3 rings (SSSR count). The van der Waals surface area contributed by atoms with E-state index >= 15 is 0 Å². The summed E-state index contributed by atoms with van der Waals surface area (Å²) in [5.74, 6) is -0.0211. The largest absolute Gasteiger partial charge is 0.426 e. The van der Waals surface area contributed by atoms with Gasteiger partial charge in [-0.25, -0.2) is 0 Å². The van der Waals surface area contributed by atoms with E-state index in [1.165, 1.54) is 0 Å². The second-order valence-electron chi connectivity index (χ2n) is 4.60. The molecule has 1 aromatic heterocycles. The van der Waals surface area contributed by atoms with Crippen LogP contribution in [0.4, 0.5) is 0 Å². The topological polar surface area (TPSA) is 48.3 Å². The van der Waals surface area contributed by atoms with E-state index in [4.69, 9.17) is 16.3 Å². The lowest BCUT2D eigenvalue weighted by Crippen LogP contribution is -2.08. The van der Waals surface area contributed by atoms with Crippen molar-refractivity contribution in [1.29, 1.82) is 0 Å². The van der Waals surface area contributed by atoms with Crippen LogP contribution in [-0.4, -0.2) is 22.2 Å². The van der Waals surface area contributed by atoms with Crippen LogP contribution in [0, 0.1) is 0 Å². The van der Waals surface area contributed by atoms with Gasteiger partial charge in [-0.1, -0.05) is 0 Å². The maximum absolute atomic E-state index is 11.8. The summed E-state index contributed by atoms with van der Waals surface area (Å²) in [5.41, 5.74) is 2.80. The lowest BCUT2D eigenvalue weighted by molar-refractivity contribution is -0.131. The van der Waals surface area contributed by atoms with E-state index < -0.39 is 5.97 Å². The molecule has 1 aliphatic carbocycles. The van der Waals surface area contributed by atoms with Crippen molar-refractivity contribution in [1.82, 2.24) is 4.57 Å². The monoisotopic (exact) mass is 277 g/mol. The molecule has 4 nitrogen and oxygen atoms in total. The molecule has 1 aromatic carbocycles. The number of fused-ring (bicyclic) bond motifs is 3. The summed E-state index contributed by atoms with van der Waals surface area (Å²) in [6.07, 6.45) is 1.30. The van der Waals surface area contributed by atoms with Crippen LogP contribution >= 0.6 is 11.6 Å². The highest BCUT2D eigenvalue weighted by Gasteiger charge is 2.26. The molecule has 0 saturated heterocycles. The van der Waals surface area contributed by atoms with Gasteiger partial charge >= 0.3 is 5.97 Å². The highest BCUT2D eigenvalue weighted by Crippen LogP contribution is 2.34. The van der Waals surface area contributed by atoms with E-state index in [9.17, 15) is 9.59 Å². The number of carbonyl (C=O) groups excluding carboxylic acids is 2. The third kappa shape index (κ3) is 1.83. The predicted molar refractivity (Wildman–Crippen MR) is 71.9 cm³/mol. The lowest BCUT2D eigenvalue weighted by atomic mass is 10.1. The van der Waals surface area contributed by atoms with Crippen LogP contribution < -0.4 is 4.74 Å². The molecule has 0 fully saturated rings. The van der Waals surface area contributed by atoms with Gasteiger partial charge in [-0.15, -0.1) is 11.6 Å². The van der Waals surface area contributed by atoms with Crippen molar-refractivity contribution < 1.29 is 14.3 Å². The fourth-order valence-corrected chi connectivity index (χ4v) is 2.74. The Kier molecular flexibility index (Phi) is 2.82. The van der Waals surface area contributed by atoms with Crippen LogP contribution in [-0.2, 0) is 18.3 Å². The molecule has 19 heavy (non-hydrogen) atoms. The van der Waals surface area contributed by atoms with Crippen LogP contribution in [0.2, 0.25) is 0 Å². The summed E-state index contributed by atoms with van der Waals surface area (Å²) in [6, 6.07) is 5.38. The van der Waals surface area contributed by atoms with Crippen LogP contribution in [0.5, 0.6) is 5.75 Å². The van der Waals surface area contributed by atoms with Crippen molar-refractivity contribution in [3.8, 4) is 5.75 Å². The van der Waals surface area contributed by atoms with Crippen LogP contribution in [0.1, 0.15) is 22.5 Å². The molecule has 0 unspecified atom stereocenters. The van der Waals surface area contributed by atoms with E-state index in [0.29, 0.717) is 12.2 Å². The van der Waals surface area contributed by atoms with Gasteiger partial charge in [-0.3, -0.25) is 9.59 Å². The van der Waals surface area contributed by atoms with Crippen molar-refractivity contribution in [2.24, 2.45) is 7.05 Å². The average Bonchev–Trinajstić information content (AvgIpc) is 2.91. The number of halogens is 1. The highest BCUT2D eigenvalue weighted by atomic mass is 35.5. The number of benzene rings is 1. The smallest absolute Gasteiger partial charge is 0.326 e. The molecular weight excluding hydrogens is 266 g/mol. The lowest BCUT2D eigenvalue weighted by Gasteiger charge is -2.04. The number of ether oxygens (including phenoxy) is 1. The van der Waals surface area contributed by atoms with E-state index in [2.05, 4.69) is 0 Å². The molecule has 0 N–H and O–H groups in total. The van der Waals surface area contributed by atoms with Gasteiger partial charge in [0.2, 0.25) is 0 Å². The second kappa shape index (κ2) is 4.38. The minimum Gasteiger partial charge on any atom is -0.426 e. The first kappa shape index (κ1) is 12.2. The molecule has 5 heteroatoms. The average molecular weight is 278 g/mol. The molecule has 2 aromatic rings. The zero-order chi connectivity index (χ0) is 13.6. The summed E-state index contributed by atoms with van der Waals surface area (Å²) in [5, 5.41) is 0.975. The Bertz CT molecular complexity index is 702. The summed E-state index contributed by atoms with van der Waals surface area (Å²) >= 11 is 5.41. The number of esters is 1. The van der Waals surface area contributed by atoms with Crippen molar-refractivity contribution >= 4 is 34.3 Å². The number of alkyl halides is 1. The van der Waals surface area contributed by atoms with Gasteiger partial charge in [0, 0.05) is 24.4 Å². The number of carbonyl (C=O) groups is 2. The molecule has 98 valence electrons. The summed E-state index contributed by atoms with van der Waals surface area (Å²) in [7, 11) is 1.88. The summed E-state index contributed by atoms with van der Waals surface area (Å²) < 4.78 is 7.01. The molecule has 0 aliphatic heterocycles. The van der Waals surface area contributed by atoms with Gasteiger partial charge in [-0.05, 0) is 30.2 Å². The number of hydrogen-bond acceptors (Lipinski definition) is 3. The minimum absolute atomic E-state index is 0.174. The van der Waals surface area contributed by atoms with Gasteiger partial charge in [0.1, 0.15) is 11.6 Å². The van der Waals surface area contributed by atoms with Crippen LogP contribution in [0.3, 0.4) is 0 Å². The molecular formula is C14H12ClNO3. The van der Waals surface area contributed by atoms with Gasteiger partial charge in [0.15, 0.2) is 5.78 Å². The first-order chi connectivity index (χ1) is 9.11. The third-order valence-electron chi connectivity index (χ3n) is 3.48. The van der Waals surface area contributed by atoms with E-state index in [0.717, 1.165) is 28.6 Å². The number of aromatic nitrogens is 1. The molecule has 1 heterocycles. The van der Waals surface area contributed by atoms with Crippen molar-refractivity contribution in [3.63, 3.8) is 0 Å². The molecule has 0 bridgehead atoms. The molecule has 0 atom stereocenters. The van der Waals surface area contributed by atoms with E-state index in [1.807, 2.05) is 17.7 Å². The van der Waals surface area contributed by atoms with E-state index in [-0.39, 0.29) is 11.7 Å². The zero-order valence-corrected chi connectivity index (χ0v) is 11.2. The fourth-order valence-electron chi connectivity index (χ4n) is 2.69. The number of Topliss-reactive ketones (excluding diaryl/α,β-unsaturated/α-hetero) is 1. The highest BCUT2D eigenvalue weighted by molar-refractivity contribution is 6.26. The van der Waals surface area contributed by atoms with Crippen molar-refractivity contribution in [3.05, 3.63) is 29.5 Å². The Morgan fingerprint density at radius 3 is 2.95 bits per heavy atom. The number of rotatable bonds is 2. The molecule has 0 saturated carbocycles. The fraction of sp³-hybridized carbons (Fsp3) is 0.286. The van der Waals surface area contributed by atoms with Gasteiger partial charge in [0.25, 0.3) is 0 Å². The number of hydrogen-bond donors (Lipinski definition) is 0. The maximum Gasteiger partial charge on any atom is 0.326 e. The van der Waals surface area contributed by atoms with Crippen molar-refractivity contribution in [2.45, 2.75) is 12.8 Å².